The molecule has 1 aromatic carbocycles. The van der Waals surface area contributed by atoms with Crippen molar-refractivity contribution in [2.45, 2.75) is 10.8 Å². The van der Waals surface area contributed by atoms with Gasteiger partial charge in [0, 0.05) is 15.6 Å². The van der Waals surface area contributed by atoms with Crippen molar-refractivity contribution in [3.05, 3.63) is 29.3 Å². The van der Waals surface area contributed by atoms with Gasteiger partial charge in [0.1, 0.15) is 0 Å². The van der Waals surface area contributed by atoms with Crippen LogP contribution in [0.4, 0.5) is 0 Å². The number of thiol groups is 1. The van der Waals surface area contributed by atoms with E-state index in [1.807, 2.05) is 18.2 Å². The number of carbonyl (C=O) groups excluding carboxylic acids is 1. The van der Waals surface area contributed by atoms with Gasteiger partial charge in [-0.3, -0.25) is 4.79 Å². The molecule has 2 nitrogen and oxygen atoms in total. The number of aliphatic hydroxyl groups excluding tert-OH is 1. The zero-order valence-corrected chi connectivity index (χ0v) is 8.94. The van der Waals surface area contributed by atoms with Crippen molar-refractivity contribution in [1.82, 2.24) is 0 Å². The van der Waals surface area contributed by atoms with E-state index in [0.29, 0.717) is 9.77 Å². The fourth-order valence-corrected chi connectivity index (χ4v) is 2.88. The lowest BCUT2D eigenvalue weighted by Crippen LogP contribution is -1.83. The van der Waals surface area contributed by atoms with Crippen molar-refractivity contribution in [2.24, 2.45) is 0 Å². The Hall–Kier alpha value is -0.840. The van der Waals surface area contributed by atoms with Crippen LogP contribution in [-0.2, 0) is 6.61 Å². The second kappa shape index (κ2) is 3.73. The predicted molar refractivity (Wildman–Crippen MR) is 60.4 cm³/mol. The van der Waals surface area contributed by atoms with E-state index in [9.17, 15) is 4.79 Å². The molecular formula is C10H8O2S2. The lowest BCUT2D eigenvalue weighted by Gasteiger charge is -1.96. The third kappa shape index (κ3) is 1.35. The van der Waals surface area contributed by atoms with Crippen molar-refractivity contribution in [3.63, 3.8) is 0 Å². The monoisotopic (exact) mass is 224 g/mol. The highest BCUT2D eigenvalue weighted by Crippen LogP contribution is 2.34. The fourth-order valence-electron chi connectivity index (χ4n) is 1.42. The van der Waals surface area contributed by atoms with Crippen LogP contribution in [0.15, 0.2) is 22.4 Å². The van der Waals surface area contributed by atoms with E-state index in [2.05, 4.69) is 12.6 Å². The molecule has 2 aromatic rings. The van der Waals surface area contributed by atoms with Gasteiger partial charge in [0.25, 0.3) is 0 Å². The number of rotatable bonds is 2. The van der Waals surface area contributed by atoms with Gasteiger partial charge >= 0.3 is 0 Å². The normalized spacial score (nSPS) is 10.7. The van der Waals surface area contributed by atoms with E-state index in [1.54, 1.807) is 0 Å². The molecule has 1 N–H and O–H groups in total. The first-order valence-corrected chi connectivity index (χ1v) is 5.33. The Balaban J connectivity index is 2.85. The molecule has 0 spiro atoms. The van der Waals surface area contributed by atoms with Crippen LogP contribution >= 0.6 is 24.0 Å². The molecule has 0 saturated heterocycles. The molecule has 0 aliphatic carbocycles. The minimum absolute atomic E-state index is 0.0105. The summed E-state index contributed by atoms with van der Waals surface area (Å²) >= 11 is 5.66. The number of hydrogen-bond acceptors (Lipinski definition) is 4. The van der Waals surface area contributed by atoms with Gasteiger partial charge in [-0.2, -0.15) is 0 Å². The van der Waals surface area contributed by atoms with E-state index in [0.717, 1.165) is 21.9 Å². The summed E-state index contributed by atoms with van der Waals surface area (Å²) in [6.45, 7) is -0.0105. The summed E-state index contributed by atoms with van der Waals surface area (Å²) in [5.41, 5.74) is 1.46. The van der Waals surface area contributed by atoms with Crippen LogP contribution in [0.2, 0.25) is 0 Å². The molecule has 0 aliphatic rings. The summed E-state index contributed by atoms with van der Waals surface area (Å²) in [4.78, 5) is 10.8. The van der Waals surface area contributed by atoms with Gasteiger partial charge in [-0.15, -0.1) is 24.0 Å². The number of benzene rings is 1. The minimum Gasteiger partial charge on any atom is -0.392 e. The Kier molecular flexibility index (Phi) is 2.58. The molecule has 4 heteroatoms. The Morgan fingerprint density at radius 2 is 2.29 bits per heavy atom. The van der Waals surface area contributed by atoms with Crippen LogP contribution in [-0.4, -0.2) is 11.4 Å². The third-order valence-corrected chi connectivity index (χ3v) is 3.72. The van der Waals surface area contributed by atoms with Crippen LogP contribution in [0.5, 0.6) is 0 Å². The number of thiophene rings is 1. The van der Waals surface area contributed by atoms with E-state index in [-0.39, 0.29) is 6.61 Å². The fraction of sp³-hybridized carbons (Fsp3) is 0.100. The molecule has 0 amide bonds. The van der Waals surface area contributed by atoms with Gasteiger partial charge in [-0.05, 0) is 5.56 Å². The first-order valence-electron chi connectivity index (χ1n) is 4.07. The van der Waals surface area contributed by atoms with Crippen LogP contribution in [0.25, 0.3) is 10.1 Å². The van der Waals surface area contributed by atoms with E-state index in [4.69, 9.17) is 5.11 Å². The highest BCUT2D eigenvalue weighted by molar-refractivity contribution is 7.83. The summed E-state index contributed by atoms with van der Waals surface area (Å²) in [5, 5.41) is 9.98. The maximum absolute atomic E-state index is 10.8. The summed E-state index contributed by atoms with van der Waals surface area (Å²) in [6, 6.07) is 5.55. The summed E-state index contributed by atoms with van der Waals surface area (Å²) < 4.78 is 1.65. The molecule has 72 valence electrons. The Bertz CT molecular complexity index is 488. The largest absolute Gasteiger partial charge is 0.392 e. The summed E-state index contributed by atoms with van der Waals surface area (Å²) in [5.74, 6) is 0. The van der Waals surface area contributed by atoms with E-state index in [1.165, 1.54) is 11.3 Å². The number of carbonyl (C=O) groups is 1. The lowest BCUT2D eigenvalue weighted by atomic mass is 10.1. The Morgan fingerprint density at radius 1 is 1.50 bits per heavy atom. The third-order valence-electron chi connectivity index (χ3n) is 2.10. The summed E-state index contributed by atoms with van der Waals surface area (Å²) in [6.07, 6.45) is 0.808. The van der Waals surface area contributed by atoms with Gasteiger partial charge < -0.3 is 5.11 Å². The van der Waals surface area contributed by atoms with E-state index < -0.39 is 0 Å². The molecule has 0 atom stereocenters. The maximum Gasteiger partial charge on any atom is 0.152 e. The molecule has 1 heterocycles. The summed E-state index contributed by atoms with van der Waals surface area (Å²) in [7, 11) is 0. The molecule has 0 aliphatic heterocycles. The molecule has 0 unspecified atom stereocenters. The second-order valence-corrected chi connectivity index (χ2v) is 4.66. The average Bonchev–Trinajstić information content (AvgIpc) is 2.52. The first-order chi connectivity index (χ1) is 6.77. The predicted octanol–water partition coefficient (Wildman–Crippen LogP) is 2.49. The molecule has 0 radical (unpaired) electrons. The minimum atomic E-state index is -0.0105. The van der Waals surface area contributed by atoms with Gasteiger partial charge in [0.15, 0.2) is 6.29 Å². The lowest BCUT2D eigenvalue weighted by molar-refractivity contribution is 0.112. The second-order valence-electron chi connectivity index (χ2n) is 2.89. The van der Waals surface area contributed by atoms with Crippen molar-refractivity contribution >= 4 is 40.3 Å². The van der Waals surface area contributed by atoms with Crippen LogP contribution in [0.1, 0.15) is 15.9 Å². The van der Waals surface area contributed by atoms with Crippen molar-refractivity contribution in [3.8, 4) is 0 Å². The highest BCUT2D eigenvalue weighted by Gasteiger charge is 2.10. The smallest absolute Gasteiger partial charge is 0.152 e. The number of aldehydes is 1. The Morgan fingerprint density at radius 3 is 2.93 bits per heavy atom. The van der Waals surface area contributed by atoms with Gasteiger partial charge in [-0.1, -0.05) is 18.2 Å². The van der Waals surface area contributed by atoms with Crippen molar-refractivity contribution in [2.75, 3.05) is 0 Å². The van der Waals surface area contributed by atoms with Crippen molar-refractivity contribution < 1.29 is 9.90 Å². The zero-order valence-electron chi connectivity index (χ0n) is 7.23. The zero-order chi connectivity index (χ0) is 10.1. The molecular weight excluding hydrogens is 216 g/mol. The molecule has 0 fully saturated rings. The van der Waals surface area contributed by atoms with Crippen LogP contribution in [0, 0.1) is 0 Å². The molecule has 2 rings (SSSR count). The first kappa shape index (κ1) is 9.71. The van der Waals surface area contributed by atoms with E-state index >= 15 is 0 Å². The van der Waals surface area contributed by atoms with Gasteiger partial charge in [0.05, 0.1) is 10.8 Å². The molecule has 0 bridgehead atoms. The average molecular weight is 224 g/mol. The van der Waals surface area contributed by atoms with Crippen LogP contribution < -0.4 is 0 Å². The SMILES string of the molecule is O=Cc1c(S)sc2c(CO)cccc12. The number of aliphatic hydroxyl groups is 1. The highest BCUT2D eigenvalue weighted by atomic mass is 32.2. The van der Waals surface area contributed by atoms with Crippen LogP contribution in [0.3, 0.4) is 0 Å². The molecule has 0 saturated carbocycles. The maximum atomic E-state index is 10.8. The number of hydrogen-bond donors (Lipinski definition) is 2. The number of fused-ring (bicyclic) bond motifs is 1. The molecule has 1 aromatic heterocycles. The quantitative estimate of drug-likeness (QED) is 0.607. The topological polar surface area (TPSA) is 37.3 Å². The van der Waals surface area contributed by atoms with Gasteiger partial charge in [-0.25, -0.2) is 0 Å². The van der Waals surface area contributed by atoms with Gasteiger partial charge in [0.2, 0.25) is 0 Å². The molecule has 14 heavy (non-hydrogen) atoms. The standard InChI is InChI=1S/C10H8O2S2/c11-4-6-2-1-3-7-8(5-12)10(13)14-9(6)7/h1-3,5,11,13H,4H2. The Labute approximate surface area is 90.6 Å². The van der Waals surface area contributed by atoms with Crippen molar-refractivity contribution in [1.29, 1.82) is 0 Å².